The predicted molar refractivity (Wildman–Crippen MR) is 44.3 cm³/mol. The van der Waals surface area contributed by atoms with E-state index in [0.29, 0.717) is 11.1 Å². The Hall–Kier alpha value is -1.71. The number of nitrogens with one attached hydrogen (secondary N) is 1. The molecule has 0 saturated carbocycles. The number of H-pyrrole nitrogens is 1. The van der Waals surface area contributed by atoms with Gasteiger partial charge < -0.3 is 9.84 Å². The number of hydrogen-bond donors (Lipinski definition) is 2. The van der Waals surface area contributed by atoms with Crippen molar-refractivity contribution in [2.75, 3.05) is 7.11 Å². The summed E-state index contributed by atoms with van der Waals surface area (Å²) in [7, 11) is 1.58. The van der Waals surface area contributed by atoms with E-state index in [4.69, 9.17) is 4.74 Å². The van der Waals surface area contributed by atoms with Crippen LogP contribution < -0.4 is 4.74 Å². The maximum absolute atomic E-state index is 9.23. The monoisotopic (exact) mass is 164 g/mol. The van der Waals surface area contributed by atoms with Crippen LogP contribution in [0.4, 0.5) is 0 Å². The highest BCUT2D eigenvalue weighted by atomic mass is 16.5. The molecule has 1 aromatic carbocycles. The first-order valence-electron chi connectivity index (χ1n) is 3.53. The fraction of sp³-hybridized carbons (Fsp3) is 0.125. The molecular formula is C8H8N2O2. The number of methoxy groups -OCH3 is 1. The largest absolute Gasteiger partial charge is 0.494 e. The Morgan fingerprint density at radius 2 is 2.33 bits per heavy atom. The standard InChI is InChI=1S/C8H8N2O2/c1-12-6-4-2-3-5-7(6)9-10-8(5)11/h2-4H,1H3,(H2,9,10,11). The Kier molecular flexibility index (Phi) is 1.40. The van der Waals surface area contributed by atoms with E-state index in [2.05, 4.69) is 10.2 Å². The van der Waals surface area contributed by atoms with E-state index in [1.54, 1.807) is 25.3 Å². The van der Waals surface area contributed by atoms with E-state index in [9.17, 15) is 5.11 Å². The van der Waals surface area contributed by atoms with E-state index in [0.717, 1.165) is 5.52 Å². The van der Waals surface area contributed by atoms with Crippen LogP contribution in [-0.2, 0) is 0 Å². The molecule has 0 atom stereocenters. The Balaban J connectivity index is 2.81. The van der Waals surface area contributed by atoms with Gasteiger partial charge >= 0.3 is 0 Å². The summed E-state index contributed by atoms with van der Waals surface area (Å²) in [5.41, 5.74) is 0.720. The molecule has 62 valence electrons. The Morgan fingerprint density at radius 3 is 3.08 bits per heavy atom. The molecule has 0 unspecified atom stereocenters. The van der Waals surface area contributed by atoms with Gasteiger partial charge in [-0.05, 0) is 12.1 Å². The number of aromatic amines is 1. The predicted octanol–water partition coefficient (Wildman–Crippen LogP) is 1.28. The molecule has 0 spiro atoms. The van der Waals surface area contributed by atoms with Crippen molar-refractivity contribution in [2.24, 2.45) is 0 Å². The van der Waals surface area contributed by atoms with Crippen molar-refractivity contribution >= 4 is 10.9 Å². The quantitative estimate of drug-likeness (QED) is 0.667. The molecule has 0 saturated heterocycles. The molecule has 0 amide bonds. The summed E-state index contributed by atoms with van der Waals surface area (Å²) in [6.45, 7) is 0. The van der Waals surface area contributed by atoms with Gasteiger partial charge in [-0.3, -0.25) is 5.10 Å². The number of para-hydroxylation sites is 1. The summed E-state index contributed by atoms with van der Waals surface area (Å²) < 4.78 is 5.06. The van der Waals surface area contributed by atoms with Crippen molar-refractivity contribution < 1.29 is 9.84 Å². The number of aromatic nitrogens is 2. The summed E-state index contributed by atoms with van der Waals surface area (Å²) >= 11 is 0. The molecule has 2 rings (SSSR count). The first-order chi connectivity index (χ1) is 5.83. The van der Waals surface area contributed by atoms with Gasteiger partial charge in [0.1, 0.15) is 11.3 Å². The molecule has 0 radical (unpaired) electrons. The number of ether oxygens (including phenoxy) is 1. The number of hydrogen-bond acceptors (Lipinski definition) is 3. The SMILES string of the molecule is COc1cccc2c(O)n[nH]c12. The van der Waals surface area contributed by atoms with Crippen molar-refractivity contribution in [3.8, 4) is 11.6 Å². The van der Waals surface area contributed by atoms with Crippen LogP contribution in [0.2, 0.25) is 0 Å². The molecule has 0 aliphatic carbocycles. The maximum atomic E-state index is 9.23. The maximum Gasteiger partial charge on any atom is 0.238 e. The fourth-order valence-electron chi connectivity index (χ4n) is 1.17. The van der Waals surface area contributed by atoms with E-state index in [1.807, 2.05) is 0 Å². The number of fused-ring (bicyclic) bond motifs is 1. The second kappa shape index (κ2) is 2.41. The number of aromatic hydroxyl groups is 1. The third kappa shape index (κ3) is 0.812. The second-order valence-electron chi connectivity index (χ2n) is 2.43. The molecule has 2 aromatic rings. The minimum absolute atomic E-state index is 0.00361. The lowest BCUT2D eigenvalue weighted by Gasteiger charge is -1.98. The highest BCUT2D eigenvalue weighted by molar-refractivity contribution is 5.88. The summed E-state index contributed by atoms with van der Waals surface area (Å²) in [5.74, 6) is 0.684. The van der Waals surface area contributed by atoms with Crippen LogP contribution >= 0.6 is 0 Å². The average molecular weight is 164 g/mol. The molecular weight excluding hydrogens is 156 g/mol. The van der Waals surface area contributed by atoms with Crippen molar-refractivity contribution in [2.45, 2.75) is 0 Å². The second-order valence-corrected chi connectivity index (χ2v) is 2.43. The first kappa shape index (κ1) is 6.97. The summed E-state index contributed by atoms with van der Waals surface area (Å²) in [6, 6.07) is 5.38. The Labute approximate surface area is 68.8 Å². The zero-order valence-electron chi connectivity index (χ0n) is 6.53. The van der Waals surface area contributed by atoms with Gasteiger partial charge in [0.05, 0.1) is 12.5 Å². The van der Waals surface area contributed by atoms with Crippen LogP contribution in [0.25, 0.3) is 10.9 Å². The molecule has 0 aliphatic heterocycles. The normalized spacial score (nSPS) is 10.4. The van der Waals surface area contributed by atoms with Crippen molar-refractivity contribution in [3.05, 3.63) is 18.2 Å². The molecule has 1 aromatic heterocycles. The van der Waals surface area contributed by atoms with Crippen LogP contribution in [0.3, 0.4) is 0 Å². The minimum atomic E-state index is 0.00361. The van der Waals surface area contributed by atoms with Crippen molar-refractivity contribution in [1.82, 2.24) is 10.2 Å². The third-order valence-corrected chi connectivity index (χ3v) is 1.76. The van der Waals surface area contributed by atoms with Crippen LogP contribution in [0.15, 0.2) is 18.2 Å². The molecule has 0 bridgehead atoms. The number of rotatable bonds is 1. The molecule has 2 N–H and O–H groups in total. The third-order valence-electron chi connectivity index (χ3n) is 1.76. The molecule has 4 heteroatoms. The van der Waals surface area contributed by atoms with Crippen molar-refractivity contribution in [1.29, 1.82) is 0 Å². The van der Waals surface area contributed by atoms with Gasteiger partial charge in [0.25, 0.3) is 0 Å². The van der Waals surface area contributed by atoms with Crippen molar-refractivity contribution in [3.63, 3.8) is 0 Å². The number of nitrogens with zero attached hydrogens (tertiary/aromatic N) is 1. The van der Waals surface area contributed by atoms with Gasteiger partial charge in [-0.25, -0.2) is 0 Å². The lowest BCUT2D eigenvalue weighted by atomic mass is 10.2. The molecule has 4 nitrogen and oxygen atoms in total. The van der Waals surface area contributed by atoms with Gasteiger partial charge in [-0.15, -0.1) is 5.10 Å². The highest BCUT2D eigenvalue weighted by Crippen LogP contribution is 2.28. The smallest absolute Gasteiger partial charge is 0.238 e. The van der Waals surface area contributed by atoms with Gasteiger partial charge in [0.2, 0.25) is 5.88 Å². The topological polar surface area (TPSA) is 58.1 Å². The Morgan fingerprint density at radius 1 is 1.50 bits per heavy atom. The highest BCUT2D eigenvalue weighted by Gasteiger charge is 2.06. The summed E-state index contributed by atoms with van der Waals surface area (Å²) in [6.07, 6.45) is 0. The molecule has 1 heterocycles. The van der Waals surface area contributed by atoms with Gasteiger partial charge in [0.15, 0.2) is 0 Å². The van der Waals surface area contributed by atoms with Crippen LogP contribution in [-0.4, -0.2) is 22.4 Å². The van der Waals surface area contributed by atoms with Crippen LogP contribution in [0, 0.1) is 0 Å². The van der Waals surface area contributed by atoms with E-state index < -0.39 is 0 Å². The lowest BCUT2D eigenvalue weighted by Crippen LogP contribution is -1.83. The van der Waals surface area contributed by atoms with Gasteiger partial charge in [-0.1, -0.05) is 6.07 Å². The molecule has 0 aliphatic rings. The van der Waals surface area contributed by atoms with Crippen LogP contribution in [0.5, 0.6) is 11.6 Å². The summed E-state index contributed by atoms with van der Waals surface area (Å²) in [5, 5.41) is 16.2. The summed E-state index contributed by atoms with van der Waals surface area (Å²) in [4.78, 5) is 0. The van der Waals surface area contributed by atoms with Crippen LogP contribution in [0.1, 0.15) is 0 Å². The molecule has 0 fully saturated rings. The average Bonchev–Trinajstić information content (AvgIpc) is 2.48. The van der Waals surface area contributed by atoms with Gasteiger partial charge in [-0.2, -0.15) is 0 Å². The fourth-order valence-corrected chi connectivity index (χ4v) is 1.17. The lowest BCUT2D eigenvalue weighted by molar-refractivity contribution is 0.419. The Bertz CT molecular complexity index is 408. The van der Waals surface area contributed by atoms with E-state index >= 15 is 0 Å². The van der Waals surface area contributed by atoms with E-state index in [1.165, 1.54) is 0 Å². The molecule has 12 heavy (non-hydrogen) atoms. The van der Waals surface area contributed by atoms with Gasteiger partial charge in [0, 0.05) is 0 Å². The number of benzene rings is 1. The zero-order chi connectivity index (χ0) is 8.55. The zero-order valence-corrected chi connectivity index (χ0v) is 6.53. The van der Waals surface area contributed by atoms with E-state index in [-0.39, 0.29) is 5.88 Å². The first-order valence-corrected chi connectivity index (χ1v) is 3.53. The minimum Gasteiger partial charge on any atom is -0.494 e.